The largest absolute Gasteiger partial charge is 0.365 e. The minimum Gasteiger partial charge on any atom is -0.365 e. The number of nitrogens with zero attached hydrogens (tertiary/aromatic N) is 3. The highest BCUT2D eigenvalue weighted by Crippen LogP contribution is 2.27. The maximum absolute atomic E-state index is 12.0. The number of halogens is 1. The second-order valence-electron chi connectivity index (χ2n) is 7.85. The quantitative estimate of drug-likeness (QED) is 0.430. The first kappa shape index (κ1) is 22.5. The number of carbonyl (C=O) groups is 1. The number of piperidine rings is 1. The fraction of sp³-hybridized carbons (Fsp3) is 0.200. The first-order valence-corrected chi connectivity index (χ1v) is 11.0. The molecule has 1 atom stereocenters. The molecule has 0 radical (unpaired) electrons. The Kier molecular flexibility index (Phi) is 6.70. The smallest absolute Gasteiger partial charge is 0.246 e. The number of nitrogens with one attached hydrogen (secondary N) is 2. The lowest BCUT2D eigenvalue weighted by Crippen LogP contribution is -2.44. The van der Waals surface area contributed by atoms with Crippen molar-refractivity contribution in [3.8, 4) is 5.69 Å². The molecule has 1 saturated heterocycles. The Morgan fingerprint density at radius 2 is 1.91 bits per heavy atom. The van der Waals surface area contributed by atoms with E-state index in [-0.39, 0.29) is 23.1 Å². The topological polar surface area (TPSA) is 91.1 Å². The summed E-state index contributed by atoms with van der Waals surface area (Å²) in [5, 5.41) is 12.6. The van der Waals surface area contributed by atoms with Gasteiger partial charge in [-0.3, -0.25) is 15.0 Å². The van der Waals surface area contributed by atoms with Gasteiger partial charge in [0, 0.05) is 61.1 Å². The number of aromatic nitrogens is 2. The summed E-state index contributed by atoms with van der Waals surface area (Å²) < 4.78 is 1.83. The molecule has 4 rings (SSSR count). The molecule has 1 aliphatic rings. The van der Waals surface area contributed by atoms with Crippen LogP contribution in [0.1, 0.15) is 24.0 Å². The van der Waals surface area contributed by atoms with Crippen molar-refractivity contribution < 1.29 is 4.79 Å². The van der Waals surface area contributed by atoms with Gasteiger partial charge in [-0.1, -0.05) is 30.3 Å². The van der Waals surface area contributed by atoms with E-state index in [0.29, 0.717) is 35.1 Å². The first-order chi connectivity index (χ1) is 16.0. The molecule has 2 N–H and O–H groups in total. The van der Waals surface area contributed by atoms with Gasteiger partial charge in [-0.25, -0.2) is 4.98 Å². The Balaban J connectivity index is 1.57. The van der Waals surface area contributed by atoms with E-state index in [1.165, 1.54) is 18.2 Å². The van der Waals surface area contributed by atoms with Crippen LogP contribution in [0.3, 0.4) is 0 Å². The lowest BCUT2D eigenvalue weighted by molar-refractivity contribution is -0.127. The van der Waals surface area contributed by atoms with Crippen LogP contribution in [0, 0.1) is 5.41 Å². The van der Waals surface area contributed by atoms with Crippen molar-refractivity contribution in [2.75, 3.05) is 18.4 Å². The molecule has 0 aliphatic carbocycles. The molecule has 7 nitrogen and oxygen atoms in total. The van der Waals surface area contributed by atoms with Crippen molar-refractivity contribution in [1.82, 2.24) is 14.5 Å². The van der Waals surface area contributed by atoms with Crippen molar-refractivity contribution in [2.45, 2.75) is 18.9 Å². The third kappa shape index (κ3) is 5.04. The van der Waals surface area contributed by atoms with Gasteiger partial charge in [0.15, 0.2) is 5.43 Å². The Bertz CT molecular complexity index is 1230. The van der Waals surface area contributed by atoms with Gasteiger partial charge in [0.2, 0.25) is 5.91 Å². The van der Waals surface area contributed by atoms with E-state index in [9.17, 15) is 9.59 Å². The van der Waals surface area contributed by atoms with Crippen LogP contribution in [-0.2, 0) is 4.79 Å². The average molecular weight is 462 g/mol. The summed E-state index contributed by atoms with van der Waals surface area (Å²) in [7, 11) is 0. The van der Waals surface area contributed by atoms with Crippen LogP contribution in [0.4, 0.5) is 5.82 Å². The van der Waals surface area contributed by atoms with E-state index >= 15 is 0 Å². The molecule has 1 unspecified atom stereocenters. The van der Waals surface area contributed by atoms with Crippen LogP contribution in [0.25, 0.3) is 5.69 Å². The molecule has 0 bridgehead atoms. The maximum Gasteiger partial charge on any atom is 0.246 e. The minimum atomic E-state index is -0.0867. The second-order valence-corrected chi connectivity index (χ2v) is 8.26. The highest BCUT2D eigenvalue weighted by molar-refractivity contribution is 6.36. The molecule has 0 saturated carbocycles. The van der Waals surface area contributed by atoms with Gasteiger partial charge >= 0.3 is 0 Å². The number of hydrogen-bond donors (Lipinski definition) is 2. The summed E-state index contributed by atoms with van der Waals surface area (Å²) in [5.41, 5.74) is 2.27. The molecule has 3 aromatic rings. The molecule has 33 heavy (non-hydrogen) atoms. The molecule has 1 aliphatic heterocycles. The molecule has 168 valence electrons. The van der Waals surface area contributed by atoms with E-state index < -0.39 is 0 Å². The van der Waals surface area contributed by atoms with Gasteiger partial charge in [0.05, 0.1) is 16.3 Å². The van der Waals surface area contributed by atoms with Crippen LogP contribution < -0.4 is 10.7 Å². The van der Waals surface area contributed by atoms with Crippen molar-refractivity contribution in [3.05, 3.63) is 100 Å². The van der Waals surface area contributed by atoms with E-state index in [4.69, 9.17) is 17.0 Å². The van der Waals surface area contributed by atoms with Gasteiger partial charge < -0.3 is 14.8 Å². The van der Waals surface area contributed by atoms with Crippen molar-refractivity contribution in [3.63, 3.8) is 0 Å². The first-order valence-electron chi connectivity index (χ1n) is 10.7. The van der Waals surface area contributed by atoms with Gasteiger partial charge in [0.1, 0.15) is 5.82 Å². The SMILES string of the molecule is C=CC(=O)N1CCCC(Nc2nccc(Cl)c2C(=N)c2ccc(-n3ccc(=O)cc3)cc2)C1. The molecule has 1 amide bonds. The number of likely N-dealkylation sites (tertiary alicyclic amines) is 1. The van der Waals surface area contributed by atoms with E-state index in [2.05, 4.69) is 16.9 Å². The van der Waals surface area contributed by atoms with E-state index in [1.807, 2.05) is 28.8 Å². The van der Waals surface area contributed by atoms with Crippen LogP contribution in [-0.4, -0.2) is 45.2 Å². The van der Waals surface area contributed by atoms with Crippen LogP contribution in [0.15, 0.2) is 78.5 Å². The van der Waals surface area contributed by atoms with E-state index in [1.54, 1.807) is 29.6 Å². The predicted molar refractivity (Wildman–Crippen MR) is 131 cm³/mol. The lowest BCUT2D eigenvalue weighted by Gasteiger charge is -2.33. The summed E-state index contributed by atoms with van der Waals surface area (Å²) in [6.07, 6.45) is 8.10. The second kappa shape index (κ2) is 9.83. The number of pyridine rings is 2. The third-order valence-corrected chi connectivity index (χ3v) is 5.97. The zero-order chi connectivity index (χ0) is 23.4. The highest BCUT2D eigenvalue weighted by Gasteiger charge is 2.24. The minimum absolute atomic E-state index is 0.00271. The fourth-order valence-corrected chi connectivity index (χ4v) is 4.17. The summed E-state index contributed by atoms with van der Waals surface area (Å²) >= 11 is 6.50. The van der Waals surface area contributed by atoms with Crippen molar-refractivity contribution in [2.24, 2.45) is 0 Å². The van der Waals surface area contributed by atoms with Crippen molar-refractivity contribution in [1.29, 1.82) is 5.41 Å². The Hall–Kier alpha value is -3.71. The summed E-state index contributed by atoms with van der Waals surface area (Å²) in [4.78, 5) is 29.6. The maximum atomic E-state index is 12.0. The van der Waals surface area contributed by atoms with Crippen LogP contribution in [0.5, 0.6) is 0 Å². The zero-order valence-corrected chi connectivity index (χ0v) is 18.8. The average Bonchev–Trinajstić information content (AvgIpc) is 2.84. The number of carbonyl (C=O) groups excluding carboxylic acids is 1. The monoisotopic (exact) mass is 461 g/mol. The molecule has 1 fully saturated rings. The lowest BCUT2D eigenvalue weighted by atomic mass is 10.0. The Morgan fingerprint density at radius 3 is 2.61 bits per heavy atom. The number of benzene rings is 1. The molecule has 3 heterocycles. The van der Waals surface area contributed by atoms with Gasteiger partial charge in [-0.2, -0.15) is 0 Å². The number of hydrogen-bond acceptors (Lipinski definition) is 5. The summed E-state index contributed by atoms with van der Waals surface area (Å²) in [6, 6.07) is 12.1. The normalized spacial score (nSPS) is 15.7. The zero-order valence-electron chi connectivity index (χ0n) is 18.0. The molecular weight excluding hydrogens is 438 g/mol. The summed E-state index contributed by atoms with van der Waals surface area (Å²) in [5.74, 6) is 0.436. The predicted octanol–water partition coefficient (Wildman–Crippen LogP) is 3.89. The van der Waals surface area contributed by atoms with Gasteiger partial charge in [0.25, 0.3) is 0 Å². The highest BCUT2D eigenvalue weighted by atomic mass is 35.5. The molecule has 8 heteroatoms. The summed E-state index contributed by atoms with van der Waals surface area (Å²) in [6.45, 7) is 4.82. The van der Waals surface area contributed by atoms with Gasteiger partial charge in [-0.05, 0) is 37.1 Å². The molecular formula is C25H24ClN5O2. The van der Waals surface area contributed by atoms with Crippen molar-refractivity contribution >= 4 is 29.0 Å². The number of rotatable bonds is 6. The van der Waals surface area contributed by atoms with Crippen LogP contribution >= 0.6 is 11.6 Å². The third-order valence-electron chi connectivity index (χ3n) is 5.65. The Morgan fingerprint density at radius 1 is 1.18 bits per heavy atom. The molecule has 0 spiro atoms. The number of amides is 1. The standard InChI is InChI=1S/C25H24ClN5O2/c1-2-22(33)31-13-3-4-18(16-31)29-25-23(21(26)9-12-28-25)24(27)17-5-7-19(8-6-17)30-14-10-20(32)11-15-30/h2,5-12,14-15,18,27H,1,3-4,13,16H2,(H,28,29). The fourth-order valence-electron chi connectivity index (χ4n) is 3.93. The van der Waals surface area contributed by atoms with Gasteiger partial charge in [-0.15, -0.1) is 0 Å². The molecule has 2 aromatic heterocycles. The van der Waals surface area contributed by atoms with E-state index in [0.717, 1.165) is 18.5 Å². The number of anilines is 1. The van der Waals surface area contributed by atoms with Crippen LogP contribution in [0.2, 0.25) is 5.02 Å². The Labute approximate surface area is 196 Å². The molecule has 1 aromatic carbocycles.